The number of aryl methyl sites for hydroxylation is 1. The molecule has 0 amide bonds. The van der Waals surface area contributed by atoms with Gasteiger partial charge in [-0.25, -0.2) is 9.78 Å². The van der Waals surface area contributed by atoms with Crippen molar-refractivity contribution in [3.63, 3.8) is 0 Å². The SMILES string of the molecule is CCCSc1cc(-n2c(C)nc3cccc(C(=O)O)c32)ccc1-c1ccccc1-c1nn[nH]n1. The molecule has 170 valence electrons. The zero-order valence-electron chi connectivity index (χ0n) is 18.7. The van der Waals surface area contributed by atoms with Crippen molar-refractivity contribution in [2.24, 2.45) is 0 Å². The third-order valence-corrected chi connectivity index (χ3v) is 6.82. The molecule has 2 N–H and O–H groups in total. The number of H-pyrrole nitrogens is 1. The number of aromatic nitrogens is 6. The molecule has 0 bridgehead atoms. The topological polar surface area (TPSA) is 110 Å². The monoisotopic (exact) mass is 470 g/mol. The average molecular weight is 471 g/mol. The molecule has 0 saturated carbocycles. The van der Waals surface area contributed by atoms with Crippen LogP contribution in [-0.4, -0.2) is 47.0 Å². The summed E-state index contributed by atoms with van der Waals surface area (Å²) < 4.78 is 1.92. The minimum absolute atomic E-state index is 0.229. The number of imidazole rings is 1. The van der Waals surface area contributed by atoms with Gasteiger partial charge in [0.05, 0.1) is 16.6 Å². The Labute approximate surface area is 200 Å². The predicted molar refractivity (Wildman–Crippen MR) is 132 cm³/mol. The molecule has 0 aliphatic rings. The molecule has 0 aliphatic heterocycles. The van der Waals surface area contributed by atoms with Crippen molar-refractivity contribution in [1.29, 1.82) is 0 Å². The van der Waals surface area contributed by atoms with E-state index >= 15 is 0 Å². The maximum absolute atomic E-state index is 11.9. The summed E-state index contributed by atoms with van der Waals surface area (Å²) in [6.45, 7) is 4.04. The molecule has 5 rings (SSSR count). The van der Waals surface area contributed by atoms with E-state index in [-0.39, 0.29) is 5.56 Å². The third-order valence-electron chi connectivity index (χ3n) is 5.56. The van der Waals surface area contributed by atoms with Crippen LogP contribution in [0.4, 0.5) is 0 Å². The lowest BCUT2D eigenvalue weighted by Gasteiger charge is -2.16. The molecule has 8 nitrogen and oxygen atoms in total. The summed E-state index contributed by atoms with van der Waals surface area (Å²) in [6.07, 6.45) is 1.02. The van der Waals surface area contributed by atoms with E-state index in [4.69, 9.17) is 0 Å². The van der Waals surface area contributed by atoms with Crippen LogP contribution in [0.5, 0.6) is 0 Å². The van der Waals surface area contributed by atoms with Crippen LogP contribution in [0.2, 0.25) is 0 Å². The van der Waals surface area contributed by atoms with Gasteiger partial charge in [-0.2, -0.15) is 5.21 Å². The van der Waals surface area contributed by atoms with Crippen LogP contribution in [0.1, 0.15) is 29.5 Å². The van der Waals surface area contributed by atoms with Gasteiger partial charge in [0.15, 0.2) is 0 Å². The molecule has 3 aromatic carbocycles. The van der Waals surface area contributed by atoms with E-state index in [1.54, 1.807) is 23.9 Å². The number of nitrogens with zero attached hydrogens (tertiary/aromatic N) is 5. The number of tetrazole rings is 1. The highest BCUT2D eigenvalue weighted by Crippen LogP contribution is 2.38. The van der Waals surface area contributed by atoms with Crippen LogP contribution >= 0.6 is 11.8 Å². The highest BCUT2D eigenvalue weighted by Gasteiger charge is 2.19. The molecule has 0 radical (unpaired) electrons. The minimum atomic E-state index is -0.974. The van der Waals surface area contributed by atoms with E-state index in [9.17, 15) is 9.90 Å². The molecular weight excluding hydrogens is 448 g/mol. The number of carbonyl (C=O) groups is 1. The number of hydrogen-bond acceptors (Lipinski definition) is 6. The van der Waals surface area contributed by atoms with Crippen LogP contribution in [0.3, 0.4) is 0 Å². The van der Waals surface area contributed by atoms with E-state index < -0.39 is 5.97 Å². The molecule has 0 atom stereocenters. The fraction of sp³-hybridized carbons (Fsp3) is 0.160. The van der Waals surface area contributed by atoms with Crippen molar-refractivity contribution >= 4 is 28.8 Å². The maximum atomic E-state index is 11.9. The zero-order chi connectivity index (χ0) is 23.7. The van der Waals surface area contributed by atoms with Gasteiger partial charge in [-0.15, -0.1) is 22.0 Å². The number of aromatic amines is 1. The summed E-state index contributed by atoms with van der Waals surface area (Å²) in [7, 11) is 0. The van der Waals surface area contributed by atoms with Crippen molar-refractivity contribution < 1.29 is 9.90 Å². The Morgan fingerprint density at radius 3 is 2.62 bits per heavy atom. The van der Waals surface area contributed by atoms with Gasteiger partial charge in [-0.1, -0.05) is 43.3 Å². The van der Waals surface area contributed by atoms with Gasteiger partial charge < -0.3 is 5.11 Å². The van der Waals surface area contributed by atoms with Crippen LogP contribution in [0.25, 0.3) is 39.2 Å². The van der Waals surface area contributed by atoms with E-state index in [1.807, 2.05) is 41.8 Å². The Morgan fingerprint density at radius 2 is 1.88 bits per heavy atom. The van der Waals surface area contributed by atoms with Gasteiger partial charge in [0.25, 0.3) is 0 Å². The predicted octanol–water partition coefficient (Wildman–Crippen LogP) is 5.38. The normalized spacial score (nSPS) is 11.2. The second-order valence-electron chi connectivity index (χ2n) is 7.78. The highest BCUT2D eigenvalue weighted by atomic mass is 32.2. The number of carboxylic acids is 1. The molecule has 5 aromatic rings. The second kappa shape index (κ2) is 9.11. The van der Waals surface area contributed by atoms with Gasteiger partial charge in [0.1, 0.15) is 5.82 Å². The van der Waals surface area contributed by atoms with Gasteiger partial charge in [0, 0.05) is 16.1 Å². The number of nitrogens with one attached hydrogen (secondary N) is 1. The maximum Gasteiger partial charge on any atom is 0.337 e. The fourth-order valence-corrected chi connectivity index (χ4v) is 5.09. The summed E-state index contributed by atoms with van der Waals surface area (Å²) >= 11 is 1.77. The van der Waals surface area contributed by atoms with Crippen LogP contribution < -0.4 is 0 Å². The molecular formula is C25H22N6O2S. The summed E-state index contributed by atoms with van der Waals surface area (Å²) in [5.74, 6) is 1.24. The van der Waals surface area contributed by atoms with E-state index in [1.165, 1.54) is 0 Å². The smallest absolute Gasteiger partial charge is 0.337 e. The molecule has 2 aromatic heterocycles. The first-order chi connectivity index (χ1) is 16.6. The molecule has 0 aliphatic carbocycles. The zero-order valence-corrected chi connectivity index (χ0v) is 19.5. The quantitative estimate of drug-likeness (QED) is 0.307. The van der Waals surface area contributed by atoms with Crippen LogP contribution in [-0.2, 0) is 0 Å². The summed E-state index contributed by atoms with van der Waals surface area (Å²) in [6, 6.07) is 19.3. The molecule has 0 fully saturated rings. The summed E-state index contributed by atoms with van der Waals surface area (Å²) in [5, 5.41) is 24.4. The molecule has 0 saturated heterocycles. The van der Waals surface area contributed by atoms with Gasteiger partial charge >= 0.3 is 5.97 Å². The van der Waals surface area contributed by atoms with Crippen LogP contribution in [0.15, 0.2) is 65.6 Å². The Morgan fingerprint density at radius 1 is 1.06 bits per heavy atom. The molecule has 0 unspecified atom stereocenters. The molecule has 0 spiro atoms. The van der Waals surface area contributed by atoms with Crippen molar-refractivity contribution in [2.45, 2.75) is 25.2 Å². The first-order valence-electron chi connectivity index (χ1n) is 10.9. The van der Waals surface area contributed by atoms with Crippen LogP contribution in [0, 0.1) is 6.92 Å². The van der Waals surface area contributed by atoms with Crippen molar-refractivity contribution in [3.8, 4) is 28.2 Å². The summed E-state index contributed by atoms with van der Waals surface area (Å²) in [4.78, 5) is 17.6. The number of fused-ring (bicyclic) bond motifs is 1. The second-order valence-corrected chi connectivity index (χ2v) is 8.92. The Hall–Kier alpha value is -3.98. The fourth-order valence-electron chi connectivity index (χ4n) is 4.12. The van der Waals surface area contributed by atoms with E-state index in [0.717, 1.165) is 45.3 Å². The Bertz CT molecular complexity index is 1490. The van der Waals surface area contributed by atoms with Crippen molar-refractivity contribution in [3.05, 3.63) is 72.1 Å². The minimum Gasteiger partial charge on any atom is -0.478 e. The number of thioether (sulfide) groups is 1. The summed E-state index contributed by atoms with van der Waals surface area (Å²) in [5.41, 5.74) is 5.31. The largest absolute Gasteiger partial charge is 0.478 e. The van der Waals surface area contributed by atoms with Crippen molar-refractivity contribution in [1.82, 2.24) is 30.2 Å². The Balaban J connectivity index is 1.71. The molecule has 2 heterocycles. The standard InChI is InChI=1S/C25H22N6O2S/c1-3-13-34-22-14-16(31-15(2)26-21-10-6-9-20(23(21)31)25(32)33)11-12-18(22)17-7-4-5-8-19(17)24-27-29-30-28-24/h4-12,14H,3,13H2,1-2H3,(H,32,33)(H,27,28,29,30). The van der Waals surface area contributed by atoms with Gasteiger partial charge in [-0.05, 0) is 59.7 Å². The number of aromatic carboxylic acids is 1. The number of hydrogen-bond donors (Lipinski definition) is 2. The number of para-hydroxylation sites is 1. The molecule has 34 heavy (non-hydrogen) atoms. The highest BCUT2D eigenvalue weighted by molar-refractivity contribution is 7.99. The number of rotatable bonds is 7. The van der Waals surface area contributed by atoms with E-state index in [0.29, 0.717) is 16.9 Å². The van der Waals surface area contributed by atoms with Gasteiger partial charge in [0.2, 0.25) is 5.82 Å². The Kier molecular flexibility index (Phi) is 5.85. The third kappa shape index (κ3) is 3.84. The first-order valence-corrected chi connectivity index (χ1v) is 11.9. The van der Waals surface area contributed by atoms with E-state index in [2.05, 4.69) is 50.7 Å². The number of carboxylic acid groups (broad SMARTS) is 1. The van der Waals surface area contributed by atoms with Crippen molar-refractivity contribution in [2.75, 3.05) is 5.75 Å². The lowest BCUT2D eigenvalue weighted by Crippen LogP contribution is -2.04. The van der Waals surface area contributed by atoms with Gasteiger partial charge in [-0.3, -0.25) is 4.57 Å². The lowest BCUT2D eigenvalue weighted by molar-refractivity contribution is 0.0698. The first kappa shape index (κ1) is 21.8. The lowest BCUT2D eigenvalue weighted by atomic mass is 9.99. The molecule has 9 heteroatoms. The average Bonchev–Trinajstić information content (AvgIpc) is 3.50. The number of benzene rings is 3.